The van der Waals surface area contributed by atoms with Crippen LogP contribution in [0.5, 0.6) is 0 Å². The van der Waals surface area contributed by atoms with Crippen molar-refractivity contribution in [1.29, 1.82) is 0 Å². The molecule has 31 heavy (non-hydrogen) atoms. The summed E-state index contributed by atoms with van der Waals surface area (Å²) < 4.78 is 2.22. The minimum atomic E-state index is -0.119. The number of carbonyl (C=O) groups excluding carboxylic acids is 1. The summed E-state index contributed by atoms with van der Waals surface area (Å²) in [6.07, 6.45) is 4.14. The van der Waals surface area contributed by atoms with Gasteiger partial charge in [-0.1, -0.05) is 71.8 Å². The van der Waals surface area contributed by atoms with Crippen molar-refractivity contribution in [3.8, 4) is 0 Å². The van der Waals surface area contributed by atoms with Gasteiger partial charge in [-0.05, 0) is 43.5 Å². The van der Waals surface area contributed by atoms with Gasteiger partial charge in [0, 0.05) is 29.2 Å². The third-order valence-electron chi connectivity index (χ3n) is 5.53. The van der Waals surface area contributed by atoms with E-state index in [1.807, 2.05) is 31.2 Å². The van der Waals surface area contributed by atoms with E-state index in [0.717, 1.165) is 34.1 Å². The first-order valence-corrected chi connectivity index (χ1v) is 10.5. The summed E-state index contributed by atoms with van der Waals surface area (Å²) >= 11 is 0. The molecule has 0 unspecified atom stereocenters. The van der Waals surface area contributed by atoms with Crippen LogP contribution in [0.1, 0.15) is 33.4 Å². The minimum absolute atomic E-state index is 0.119. The molecular weight excluding hydrogens is 382 g/mol. The third-order valence-corrected chi connectivity index (χ3v) is 5.53. The van der Waals surface area contributed by atoms with Crippen LogP contribution in [0.3, 0.4) is 0 Å². The van der Waals surface area contributed by atoms with E-state index in [1.54, 1.807) is 6.21 Å². The lowest BCUT2D eigenvalue weighted by Crippen LogP contribution is -2.20. The SMILES string of the molecule is Cc1ccc(Cn2cc(/C=N\NC(=O)Cc3ccc(C)cc3C)c3ccccc32)cc1. The van der Waals surface area contributed by atoms with Crippen molar-refractivity contribution < 1.29 is 4.79 Å². The van der Waals surface area contributed by atoms with Crippen LogP contribution in [0.15, 0.2) is 78.0 Å². The molecule has 4 nitrogen and oxygen atoms in total. The Morgan fingerprint density at radius 3 is 2.48 bits per heavy atom. The summed E-state index contributed by atoms with van der Waals surface area (Å²) in [5, 5.41) is 5.34. The van der Waals surface area contributed by atoms with E-state index in [-0.39, 0.29) is 5.91 Å². The molecule has 0 radical (unpaired) electrons. The molecule has 156 valence electrons. The molecule has 0 aliphatic rings. The summed E-state index contributed by atoms with van der Waals surface area (Å²) in [5.74, 6) is -0.119. The van der Waals surface area contributed by atoms with Crippen molar-refractivity contribution in [2.24, 2.45) is 5.10 Å². The van der Waals surface area contributed by atoms with Crippen LogP contribution < -0.4 is 5.43 Å². The highest BCUT2D eigenvalue weighted by atomic mass is 16.2. The van der Waals surface area contributed by atoms with Crippen LogP contribution in [0.25, 0.3) is 10.9 Å². The van der Waals surface area contributed by atoms with Crippen LogP contribution in [-0.4, -0.2) is 16.7 Å². The smallest absolute Gasteiger partial charge is 0.244 e. The number of aromatic nitrogens is 1. The van der Waals surface area contributed by atoms with Crippen molar-refractivity contribution in [1.82, 2.24) is 9.99 Å². The van der Waals surface area contributed by atoms with Gasteiger partial charge in [-0.15, -0.1) is 0 Å². The molecule has 0 fully saturated rings. The average Bonchev–Trinajstić information content (AvgIpc) is 3.09. The first-order valence-electron chi connectivity index (χ1n) is 10.5. The highest BCUT2D eigenvalue weighted by Crippen LogP contribution is 2.21. The van der Waals surface area contributed by atoms with Gasteiger partial charge in [0.25, 0.3) is 0 Å². The maximum atomic E-state index is 12.3. The van der Waals surface area contributed by atoms with E-state index >= 15 is 0 Å². The maximum absolute atomic E-state index is 12.3. The monoisotopic (exact) mass is 409 g/mol. The van der Waals surface area contributed by atoms with Crippen LogP contribution in [-0.2, 0) is 17.8 Å². The zero-order valence-electron chi connectivity index (χ0n) is 18.2. The zero-order chi connectivity index (χ0) is 21.8. The number of amides is 1. The fraction of sp³-hybridized carbons (Fsp3) is 0.185. The predicted octanol–water partition coefficient (Wildman–Crippen LogP) is 5.31. The molecule has 0 saturated carbocycles. The molecular formula is C27H27N3O. The van der Waals surface area contributed by atoms with Crippen LogP contribution in [0, 0.1) is 20.8 Å². The van der Waals surface area contributed by atoms with Crippen molar-refractivity contribution in [3.05, 3.63) is 106 Å². The molecule has 4 heteroatoms. The second-order valence-electron chi connectivity index (χ2n) is 8.11. The lowest BCUT2D eigenvalue weighted by molar-refractivity contribution is -0.120. The van der Waals surface area contributed by atoms with Gasteiger partial charge < -0.3 is 4.57 Å². The van der Waals surface area contributed by atoms with Crippen LogP contribution in [0.4, 0.5) is 0 Å². The van der Waals surface area contributed by atoms with Crippen LogP contribution in [0.2, 0.25) is 0 Å². The van der Waals surface area contributed by atoms with Gasteiger partial charge in [0.1, 0.15) is 0 Å². The molecule has 4 aromatic rings. The number of aryl methyl sites for hydroxylation is 3. The van der Waals surface area contributed by atoms with Gasteiger partial charge in [0.05, 0.1) is 12.6 Å². The summed E-state index contributed by atoms with van der Waals surface area (Å²) in [6, 6.07) is 23.0. The first-order chi connectivity index (χ1) is 15.0. The number of para-hydroxylation sites is 1. The normalized spacial score (nSPS) is 11.3. The molecule has 4 rings (SSSR count). The van der Waals surface area contributed by atoms with Gasteiger partial charge in [-0.3, -0.25) is 4.79 Å². The Balaban J connectivity index is 1.49. The fourth-order valence-corrected chi connectivity index (χ4v) is 3.83. The number of rotatable bonds is 6. The van der Waals surface area contributed by atoms with Crippen molar-refractivity contribution in [3.63, 3.8) is 0 Å². The fourth-order valence-electron chi connectivity index (χ4n) is 3.83. The molecule has 1 aromatic heterocycles. The van der Waals surface area contributed by atoms with E-state index in [1.165, 1.54) is 16.7 Å². The maximum Gasteiger partial charge on any atom is 0.244 e. The van der Waals surface area contributed by atoms with E-state index < -0.39 is 0 Å². The number of nitrogens with zero attached hydrogens (tertiary/aromatic N) is 2. The highest BCUT2D eigenvalue weighted by Gasteiger charge is 2.08. The second-order valence-corrected chi connectivity index (χ2v) is 8.11. The summed E-state index contributed by atoms with van der Waals surface area (Å²) in [6.45, 7) is 6.96. The molecule has 1 heterocycles. The topological polar surface area (TPSA) is 46.4 Å². The molecule has 0 saturated heterocycles. The number of fused-ring (bicyclic) bond motifs is 1. The minimum Gasteiger partial charge on any atom is -0.342 e. The predicted molar refractivity (Wildman–Crippen MR) is 128 cm³/mol. The Hall–Kier alpha value is -3.66. The molecule has 1 amide bonds. The molecule has 0 spiro atoms. The molecule has 0 bridgehead atoms. The van der Waals surface area contributed by atoms with Gasteiger partial charge in [0.15, 0.2) is 0 Å². The Morgan fingerprint density at radius 2 is 1.71 bits per heavy atom. The Bertz CT molecular complexity index is 1250. The molecule has 0 aliphatic carbocycles. The number of carbonyl (C=O) groups is 1. The number of hydrogen-bond acceptors (Lipinski definition) is 2. The Labute approximate surface area is 183 Å². The first kappa shape index (κ1) is 20.6. The lowest BCUT2D eigenvalue weighted by atomic mass is 10.0. The molecule has 1 N–H and O–H groups in total. The van der Waals surface area contributed by atoms with Crippen molar-refractivity contribution >= 4 is 23.0 Å². The lowest BCUT2D eigenvalue weighted by Gasteiger charge is -2.06. The van der Waals surface area contributed by atoms with Gasteiger partial charge in [0.2, 0.25) is 5.91 Å². The van der Waals surface area contributed by atoms with Crippen LogP contribution >= 0.6 is 0 Å². The number of benzene rings is 3. The van der Waals surface area contributed by atoms with Crippen molar-refractivity contribution in [2.75, 3.05) is 0 Å². The largest absolute Gasteiger partial charge is 0.342 e. The Morgan fingerprint density at radius 1 is 0.968 bits per heavy atom. The van der Waals surface area contributed by atoms with E-state index in [2.05, 4.69) is 77.6 Å². The number of hydrazone groups is 1. The van der Waals surface area contributed by atoms with Gasteiger partial charge in [-0.2, -0.15) is 5.10 Å². The number of hydrogen-bond donors (Lipinski definition) is 1. The Kier molecular flexibility index (Phi) is 5.99. The standard InChI is InChI=1S/C27H27N3O/c1-19-8-11-22(12-9-19)17-30-18-24(25-6-4-5-7-26(25)30)16-28-29-27(31)15-23-13-10-20(2)14-21(23)3/h4-14,16,18H,15,17H2,1-3H3,(H,29,31)/b28-16-. The molecule has 0 aliphatic heterocycles. The molecule has 3 aromatic carbocycles. The van der Waals surface area contributed by atoms with E-state index in [0.29, 0.717) is 6.42 Å². The summed E-state index contributed by atoms with van der Waals surface area (Å²) in [5.41, 5.74) is 10.6. The van der Waals surface area contributed by atoms with Gasteiger partial charge in [-0.25, -0.2) is 5.43 Å². The molecule has 0 atom stereocenters. The van der Waals surface area contributed by atoms with Gasteiger partial charge >= 0.3 is 0 Å². The highest BCUT2D eigenvalue weighted by molar-refractivity contribution is 5.99. The number of nitrogens with one attached hydrogen (secondary N) is 1. The average molecular weight is 410 g/mol. The second kappa shape index (κ2) is 9.00. The van der Waals surface area contributed by atoms with E-state index in [9.17, 15) is 4.79 Å². The zero-order valence-corrected chi connectivity index (χ0v) is 18.2. The quantitative estimate of drug-likeness (QED) is 0.341. The summed E-state index contributed by atoms with van der Waals surface area (Å²) in [4.78, 5) is 12.3. The summed E-state index contributed by atoms with van der Waals surface area (Å²) in [7, 11) is 0. The van der Waals surface area contributed by atoms with E-state index in [4.69, 9.17) is 0 Å². The van der Waals surface area contributed by atoms with Crippen molar-refractivity contribution in [2.45, 2.75) is 33.7 Å². The third kappa shape index (κ3) is 4.92.